The molecule has 0 fully saturated rings. The Bertz CT molecular complexity index is 590. The molecule has 0 aliphatic heterocycles. The van der Waals surface area contributed by atoms with Crippen LogP contribution < -0.4 is 4.90 Å². The fraction of sp³-hybridized carbons (Fsp3) is 0.133. The van der Waals surface area contributed by atoms with Crippen LogP contribution in [0.2, 0.25) is 0 Å². The van der Waals surface area contributed by atoms with Gasteiger partial charge in [0.25, 0.3) is 5.91 Å². The van der Waals surface area contributed by atoms with E-state index in [1.54, 1.807) is 19.2 Å². The van der Waals surface area contributed by atoms with Crippen molar-refractivity contribution < 1.29 is 9.18 Å². The van der Waals surface area contributed by atoms with E-state index in [0.717, 1.165) is 11.3 Å². The summed E-state index contributed by atoms with van der Waals surface area (Å²) in [6.07, 6.45) is 0. The summed E-state index contributed by atoms with van der Waals surface area (Å²) in [7, 11) is 1.63. The number of hydrogen-bond donors (Lipinski definition) is 0. The average molecular weight is 322 g/mol. The first-order chi connectivity index (χ1) is 9.00. The molecule has 98 valence electrons. The predicted molar refractivity (Wildman–Crippen MR) is 78.0 cm³/mol. The maximum atomic E-state index is 13.8. The molecule has 0 N–H and O–H groups in total. The van der Waals surface area contributed by atoms with Crippen molar-refractivity contribution in [1.82, 2.24) is 0 Å². The van der Waals surface area contributed by atoms with E-state index >= 15 is 0 Å². The second-order valence-electron chi connectivity index (χ2n) is 4.30. The second kappa shape index (κ2) is 5.53. The van der Waals surface area contributed by atoms with Gasteiger partial charge in [-0.1, -0.05) is 23.8 Å². The molecule has 0 saturated heterocycles. The van der Waals surface area contributed by atoms with E-state index in [2.05, 4.69) is 15.9 Å². The zero-order chi connectivity index (χ0) is 14.0. The first kappa shape index (κ1) is 13.7. The Morgan fingerprint density at radius 1 is 1.16 bits per heavy atom. The maximum absolute atomic E-state index is 13.8. The molecule has 0 aliphatic carbocycles. The fourth-order valence-corrected chi connectivity index (χ4v) is 2.27. The Morgan fingerprint density at radius 2 is 1.79 bits per heavy atom. The molecule has 0 heterocycles. The van der Waals surface area contributed by atoms with Gasteiger partial charge in [-0.25, -0.2) is 4.39 Å². The highest BCUT2D eigenvalue weighted by molar-refractivity contribution is 9.10. The zero-order valence-corrected chi connectivity index (χ0v) is 12.2. The van der Waals surface area contributed by atoms with E-state index < -0.39 is 5.82 Å². The maximum Gasteiger partial charge on any atom is 0.262 e. The third kappa shape index (κ3) is 2.84. The van der Waals surface area contributed by atoms with E-state index in [4.69, 9.17) is 0 Å². The minimum atomic E-state index is -0.529. The summed E-state index contributed by atoms with van der Waals surface area (Å²) in [6.45, 7) is 1.97. The van der Waals surface area contributed by atoms with Gasteiger partial charge in [-0.2, -0.15) is 0 Å². The largest absolute Gasteiger partial charge is 0.311 e. The number of nitrogens with zero attached hydrogens (tertiary/aromatic N) is 1. The third-order valence-electron chi connectivity index (χ3n) is 2.90. The molecule has 0 saturated carbocycles. The first-order valence-electron chi connectivity index (χ1n) is 5.79. The van der Waals surface area contributed by atoms with Crippen LogP contribution >= 0.6 is 15.9 Å². The van der Waals surface area contributed by atoms with Crippen LogP contribution in [0.1, 0.15) is 15.9 Å². The van der Waals surface area contributed by atoms with Gasteiger partial charge in [0.15, 0.2) is 0 Å². The van der Waals surface area contributed by atoms with Gasteiger partial charge in [0.2, 0.25) is 0 Å². The van der Waals surface area contributed by atoms with Crippen molar-refractivity contribution >= 4 is 27.5 Å². The molecule has 0 spiro atoms. The van der Waals surface area contributed by atoms with Gasteiger partial charge in [0, 0.05) is 17.2 Å². The molecule has 4 heteroatoms. The van der Waals surface area contributed by atoms with Gasteiger partial charge >= 0.3 is 0 Å². The number of carbonyl (C=O) groups is 1. The van der Waals surface area contributed by atoms with E-state index in [-0.39, 0.29) is 11.5 Å². The molecule has 0 radical (unpaired) electrons. The minimum absolute atomic E-state index is 0.0468. The monoisotopic (exact) mass is 321 g/mol. The molecule has 0 aromatic heterocycles. The van der Waals surface area contributed by atoms with E-state index in [0.29, 0.717) is 4.47 Å². The number of hydrogen-bond acceptors (Lipinski definition) is 1. The van der Waals surface area contributed by atoms with Crippen molar-refractivity contribution in [2.24, 2.45) is 0 Å². The predicted octanol–water partition coefficient (Wildman–Crippen LogP) is 4.17. The highest BCUT2D eigenvalue weighted by atomic mass is 79.9. The number of rotatable bonds is 2. The lowest BCUT2D eigenvalue weighted by atomic mass is 10.1. The average Bonchev–Trinajstić information content (AvgIpc) is 2.38. The summed E-state index contributed by atoms with van der Waals surface area (Å²) in [5, 5.41) is 0. The summed E-state index contributed by atoms with van der Waals surface area (Å²) in [6, 6.07) is 12.0. The Morgan fingerprint density at radius 3 is 2.37 bits per heavy atom. The third-order valence-corrected chi connectivity index (χ3v) is 3.56. The van der Waals surface area contributed by atoms with Crippen molar-refractivity contribution in [1.29, 1.82) is 0 Å². The number of aryl methyl sites for hydroxylation is 1. The topological polar surface area (TPSA) is 20.3 Å². The normalized spacial score (nSPS) is 10.3. The number of anilines is 1. The lowest BCUT2D eigenvalue weighted by Crippen LogP contribution is -2.27. The number of carbonyl (C=O) groups excluding carboxylic acids is 1. The van der Waals surface area contributed by atoms with Gasteiger partial charge < -0.3 is 4.90 Å². The quantitative estimate of drug-likeness (QED) is 0.812. The lowest BCUT2D eigenvalue weighted by Gasteiger charge is -2.18. The fourth-order valence-electron chi connectivity index (χ4n) is 1.76. The summed E-state index contributed by atoms with van der Waals surface area (Å²) in [4.78, 5) is 13.8. The van der Waals surface area contributed by atoms with E-state index in [1.165, 1.54) is 11.0 Å². The van der Waals surface area contributed by atoms with Crippen molar-refractivity contribution in [3.8, 4) is 0 Å². The van der Waals surface area contributed by atoms with Crippen LogP contribution in [-0.2, 0) is 0 Å². The molecule has 19 heavy (non-hydrogen) atoms. The zero-order valence-electron chi connectivity index (χ0n) is 10.7. The van der Waals surface area contributed by atoms with Crippen molar-refractivity contribution in [2.75, 3.05) is 11.9 Å². The molecule has 2 nitrogen and oxygen atoms in total. The molecule has 0 atom stereocenters. The standard InChI is InChI=1S/C15H13BrFNO/c1-10-6-8-11(9-7-10)18(2)15(19)14-12(16)4-3-5-13(14)17/h3-9H,1-2H3. The van der Waals surface area contributed by atoms with E-state index in [9.17, 15) is 9.18 Å². The summed E-state index contributed by atoms with van der Waals surface area (Å²) in [5.41, 5.74) is 1.88. The van der Waals surface area contributed by atoms with Gasteiger partial charge in [0.05, 0.1) is 5.56 Å². The number of amides is 1. The van der Waals surface area contributed by atoms with Crippen LogP contribution in [0, 0.1) is 12.7 Å². The Labute approximate surface area is 120 Å². The van der Waals surface area contributed by atoms with Crippen LogP contribution in [0.25, 0.3) is 0 Å². The van der Waals surface area contributed by atoms with Crippen LogP contribution in [0.4, 0.5) is 10.1 Å². The van der Waals surface area contributed by atoms with Crippen molar-refractivity contribution in [2.45, 2.75) is 6.92 Å². The van der Waals surface area contributed by atoms with Gasteiger partial charge in [-0.3, -0.25) is 4.79 Å². The second-order valence-corrected chi connectivity index (χ2v) is 5.15. The molecular formula is C15H13BrFNO. The lowest BCUT2D eigenvalue weighted by molar-refractivity contribution is 0.0988. The summed E-state index contributed by atoms with van der Waals surface area (Å²) < 4.78 is 14.2. The Balaban J connectivity index is 2.36. The smallest absolute Gasteiger partial charge is 0.262 e. The Kier molecular flexibility index (Phi) is 4.00. The van der Waals surface area contributed by atoms with Gasteiger partial charge in [-0.15, -0.1) is 0 Å². The molecule has 2 aromatic rings. The highest BCUT2D eigenvalue weighted by Crippen LogP contribution is 2.23. The van der Waals surface area contributed by atoms with Crippen molar-refractivity contribution in [3.63, 3.8) is 0 Å². The van der Waals surface area contributed by atoms with Crippen LogP contribution in [0.5, 0.6) is 0 Å². The molecule has 0 unspecified atom stereocenters. The van der Waals surface area contributed by atoms with Crippen LogP contribution in [0.15, 0.2) is 46.9 Å². The number of benzene rings is 2. The van der Waals surface area contributed by atoms with E-state index in [1.807, 2.05) is 31.2 Å². The Hall–Kier alpha value is -1.68. The molecule has 2 rings (SSSR count). The molecular weight excluding hydrogens is 309 g/mol. The molecule has 1 amide bonds. The van der Waals surface area contributed by atoms with Gasteiger partial charge in [-0.05, 0) is 47.1 Å². The first-order valence-corrected chi connectivity index (χ1v) is 6.58. The van der Waals surface area contributed by atoms with Crippen molar-refractivity contribution in [3.05, 3.63) is 63.9 Å². The highest BCUT2D eigenvalue weighted by Gasteiger charge is 2.20. The minimum Gasteiger partial charge on any atom is -0.311 e. The summed E-state index contributed by atoms with van der Waals surface area (Å²) >= 11 is 3.21. The number of halogens is 2. The molecule has 0 aliphatic rings. The van der Waals surface area contributed by atoms with Crippen LogP contribution in [0.3, 0.4) is 0 Å². The van der Waals surface area contributed by atoms with Gasteiger partial charge in [0.1, 0.15) is 5.82 Å². The molecule has 0 bridgehead atoms. The SMILES string of the molecule is Cc1ccc(N(C)C(=O)c2c(F)cccc2Br)cc1. The molecule has 2 aromatic carbocycles. The summed E-state index contributed by atoms with van der Waals surface area (Å²) in [5.74, 6) is -0.910. The van der Waals surface area contributed by atoms with Crippen LogP contribution in [-0.4, -0.2) is 13.0 Å².